The highest BCUT2D eigenvalue weighted by Gasteiger charge is 2.17. The molecule has 5 heteroatoms. The van der Waals surface area contributed by atoms with Crippen LogP contribution in [0.2, 0.25) is 0 Å². The van der Waals surface area contributed by atoms with Crippen molar-refractivity contribution in [2.24, 2.45) is 5.92 Å². The van der Waals surface area contributed by atoms with Gasteiger partial charge in [0.05, 0.1) is 11.1 Å². The molecular weight excluding hydrogens is 260 g/mol. The van der Waals surface area contributed by atoms with Crippen LogP contribution in [0.15, 0.2) is 21.5 Å². The van der Waals surface area contributed by atoms with Gasteiger partial charge in [-0.05, 0) is 28.4 Å². The average Bonchev–Trinajstić information content (AvgIpc) is 2.66. The smallest absolute Gasteiger partial charge is 0.264 e. The molecule has 82 valence electrons. The van der Waals surface area contributed by atoms with Gasteiger partial charge in [0.2, 0.25) is 0 Å². The molecule has 0 spiro atoms. The molecule has 2 rings (SSSR count). The zero-order valence-electron chi connectivity index (χ0n) is 8.28. The third kappa shape index (κ3) is 2.41. The highest BCUT2D eigenvalue weighted by molar-refractivity contribution is 9.10. The van der Waals surface area contributed by atoms with E-state index in [0.29, 0.717) is 22.6 Å². The molecule has 1 aromatic heterocycles. The van der Waals surface area contributed by atoms with Crippen LogP contribution < -0.4 is 11.3 Å². The molecule has 1 aliphatic rings. The molecule has 0 aliphatic carbocycles. The molecule has 4 nitrogen and oxygen atoms in total. The van der Waals surface area contributed by atoms with Gasteiger partial charge in [-0.2, -0.15) is 0 Å². The van der Waals surface area contributed by atoms with Gasteiger partial charge in [-0.15, -0.1) is 0 Å². The van der Waals surface area contributed by atoms with Crippen molar-refractivity contribution in [1.29, 1.82) is 0 Å². The van der Waals surface area contributed by atoms with E-state index >= 15 is 0 Å². The highest BCUT2D eigenvalue weighted by atomic mass is 79.9. The molecule has 0 radical (unpaired) electrons. The van der Waals surface area contributed by atoms with Crippen LogP contribution in [-0.2, 0) is 11.3 Å². The maximum absolute atomic E-state index is 11.7. The van der Waals surface area contributed by atoms with Crippen molar-refractivity contribution in [3.63, 3.8) is 0 Å². The first-order chi connectivity index (χ1) is 7.16. The Balaban J connectivity index is 2.23. The third-order valence-electron chi connectivity index (χ3n) is 2.54. The van der Waals surface area contributed by atoms with Gasteiger partial charge in [0.15, 0.2) is 0 Å². The van der Waals surface area contributed by atoms with Gasteiger partial charge >= 0.3 is 0 Å². The average molecular weight is 273 g/mol. The molecule has 2 heterocycles. The van der Waals surface area contributed by atoms with E-state index in [-0.39, 0.29) is 5.56 Å². The second kappa shape index (κ2) is 4.37. The minimum absolute atomic E-state index is 0.0314. The van der Waals surface area contributed by atoms with Crippen molar-refractivity contribution in [2.45, 2.75) is 13.0 Å². The molecular formula is C10H13BrN2O2. The summed E-state index contributed by atoms with van der Waals surface area (Å²) in [7, 11) is 0. The van der Waals surface area contributed by atoms with Gasteiger partial charge in [-0.25, -0.2) is 0 Å². The number of nitrogens with zero attached hydrogens (tertiary/aromatic N) is 1. The summed E-state index contributed by atoms with van der Waals surface area (Å²) >= 11 is 3.20. The van der Waals surface area contributed by atoms with E-state index in [4.69, 9.17) is 10.5 Å². The fourth-order valence-corrected chi connectivity index (χ4v) is 2.25. The number of nitrogen functional groups attached to an aromatic ring is 1. The summed E-state index contributed by atoms with van der Waals surface area (Å²) in [5, 5.41) is 0. The normalized spacial score (nSPS) is 20.7. The summed E-state index contributed by atoms with van der Waals surface area (Å²) in [4.78, 5) is 11.7. The molecule has 0 aromatic carbocycles. The number of anilines is 1. The van der Waals surface area contributed by atoms with Crippen molar-refractivity contribution >= 4 is 21.6 Å². The van der Waals surface area contributed by atoms with E-state index < -0.39 is 0 Å². The van der Waals surface area contributed by atoms with E-state index in [1.54, 1.807) is 16.8 Å². The van der Waals surface area contributed by atoms with E-state index in [1.165, 1.54) is 0 Å². The largest absolute Gasteiger partial charge is 0.398 e. The lowest BCUT2D eigenvalue weighted by molar-refractivity contribution is 0.182. The minimum atomic E-state index is -0.0314. The van der Waals surface area contributed by atoms with E-state index in [1.807, 2.05) is 0 Å². The number of nitrogens with two attached hydrogens (primary N) is 1. The van der Waals surface area contributed by atoms with Crippen LogP contribution in [0.1, 0.15) is 6.42 Å². The Morgan fingerprint density at radius 2 is 2.47 bits per heavy atom. The lowest BCUT2D eigenvalue weighted by Crippen LogP contribution is -2.24. The number of halogens is 1. The van der Waals surface area contributed by atoms with Crippen LogP contribution >= 0.6 is 15.9 Å². The fourth-order valence-electron chi connectivity index (χ4n) is 1.76. The predicted octanol–water partition coefficient (Wildman–Crippen LogP) is 1.23. The van der Waals surface area contributed by atoms with Crippen molar-refractivity contribution in [1.82, 2.24) is 4.57 Å². The van der Waals surface area contributed by atoms with Crippen LogP contribution in [0.3, 0.4) is 0 Å². The maximum Gasteiger partial charge on any atom is 0.264 e. The second-order valence-corrected chi connectivity index (χ2v) is 4.66. The quantitative estimate of drug-likeness (QED) is 0.881. The molecule has 0 amide bonds. The minimum Gasteiger partial charge on any atom is -0.398 e. The number of hydrogen-bond acceptors (Lipinski definition) is 3. The number of hydrogen-bond donors (Lipinski definition) is 1. The van der Waals surface area contributed by atoms with Crippen molar-refractivity contribution < 1.29 is 4.74 Å². The van der Waals surface area contributed by atoms with Gasteiger partial charge < -0.3 is 15.0 Å². The van der Waals surface area contributed by atoms with Gasteiger partial charge in [-0.3, -0.25) is 4.79 Å². The standard InChI is InChI=1S/C10H13BrN2O2/c11-9-3-8(12)5-13(10(9)14)4-7-1-2-15-6-7/h3,5,7H,1-2,4,6,12H2. The predicted molar refractivity (Wildman–Crippen MR) is 61.7 cm³/mol. The number of rotatable bonds is 2. The van der Waals surface area contributed by atoms with Crippen molar-refractivity contribution in [3.05, 3.63) is 27.1 Å². The molecule has 1 unspecified atom stereocenters. The SMILES string of the molecule is Nc1cc(Br)c(=O)n(CC2CCOC2)c1. The highest BCUT2D eigenvalue weighted by Crippen LogP contribution is 2.15. The molecule has 0 bridgehead atoms. The van der Waals surface area contributed by atoms with Gasteiger partial charge in [0.25, 0.3) is 5.56 Å². The monoisotopic (exact) mass is 272 g/mol. The number of ether oxygens (including phenoxy) is 1. The van der Waals surface area contributed by atoms with E-state index in [2.05, 4.69) is 15.9 Å². The van der Waals surface area contributed by atoms with Crippen LogP contribution in [0.5, 0.6) is 0 Å². The number of pyridine rings is 1. The summed E-state index contributed by atoms with van der Waals surface area (Å²) in [6.07, 6.45) is 2.70. The topological polar surface area (TPSA) is 57.2 Å². The summed E-state index contributed by atoms with van der Waals surface area (Å²) in [6.45, 7) is 2.21. The van der Waals surface area contributed by atoms with Crippen LogP contribution in [0, 0.1) is 5.92 Å². The van der Waals surface area contributed by atoms with E-state index in [9.17, 15) is 4.79 Å². The Morgan fingerprint density at radius 1 is 1.67 bits per heavy atom. The molecule has 1 aromatic rings. The van der Waals surface area contributed by atoms with Crippen LogP contribution in [0.4, 0.5) is 5.69 Å². The molecule has 1 atom stereocenters. The Labute approximate surface area is 96.2 Å². The molecule has 0 saturated carbocycles. The van der Waals surface area contributed by atoms with Gasteiger partial charge in [0.1, 0.15) is 0 Å². The maximum atomic E-state index is 11.7. The van der Waals surface area contributed by atoms with Crippen LogP contribution in [-0.4, -0.2) is 17.8 Å². The van der Waals surface area contributed by atoms with Crippen molar-refractivity contribution in [3.8, 4) is 0 Å². The summed E-state index contributed by atoms with van der Waals surface area (Å²) in [5.74, 6) is 0.427. The Hall–Kier alpha value is -0.810. The lowest BCUT2D eigenvalue weighted by Gasteiger charge is -2.11. The first-order valence-corrected chi connectivity index (χ1v) is 5.69. The second-order valence-electron chi connectivity index (χ2n) is 3.81. The third-order valence-corrected chi connectivity index (χ3v) is 3.11. The van der Waals surface area contributed by atoms with Crippen molar-refractivity contribution in [2.75, 3.05) is 18.9 Å². The van der Waals surface area contributed by atoms with E-state index in [0.717, 1.165) is 19.6 Å². The van der Waals surface area contributed by atoms with Crippen LogP contribution in [0.25, 0.3) is 0 Å². The first kappa shape index (κ1) is 10.7. The van der Waals surface area contributed by atoms with Gasteiger partial charge in [-0.1, -0.05) is 0 Å². The lowest BCUT2D eigenvalue weighted by atomic mass is 10.1. The van der Waals surface area contributed by atoms with Gasteiger partial charge in [0, 0.05) is 31.0 Å². The number of aromatic nitrogens is 1. The zero-order chi connectivity index (χ0) is 10.8. The summed E-state index contributed by atoms with van der Waals surface area (Å²) < 4.78 is 7.44. The molecule has 1 saturated heterocycles. The zero-order valence-corrected chi connectivity index (χ0v) is 9.87. The Kier molecular flexibility index (Phi) is 3.11. The first-order valence-electron chi connectivity index (χ1n) is 4.90. The Bertz CT molecular complexity index is 410. The summed E-state index contributed by atoms with van der Waals surface area (Å²) in [5.41, 5.74) is 6.25. The fraction of sp³-hybridized carbons (Fsp3) is 0.500. The molecule has 1 aliphatic heterocycles. The summed E-state index contributed by atoms with van der Waals surface area (Å²) in [6, 6.07) is 1.63. The molecule has 2 N–H and O–H groups in total. The molecule has 15 heavy (non-hydrogen) atoms. The molecule has 1 fully saturated rings. The Morgan fingerprint density at radius 3 is 3.13 bits per heavy atom.